The lowest BCUT2D eigenvalue weighted by atomic mass is 9.88. The Kier molecular flexibility index (Phi) is 4.52. The molecule has 2 heterocycles. The fourth-order valence-electron chi connectivity index (χ4n) is 3.07. The highest BCUT2D eigenvalue weighted by atomic mass is 32.1. The molecule has 2 amide bonds. The third kappa shape index (κ3) is 3.07. The van der Waals surface area contributed by atoms with E-state index in [4.69, 9.17) is 4.74 Å². The Morgan fingerprint density at radius 2 is 1.96 bits per heavy atom. The molecule has 2 aromatic rings. The maximum Gasteiger partial charge on any atom is 0.408 e. The number of rotatable bonds is 3. The topological polar surface area (TPSA) is 58.6 Å². The van der Waals surface area contributed by atoms with Gasteiger partial charge < -0.3 is 15.0 Å². The van der Waals surface area contributed by atoms with Gasteiger partial charge in [-0.1, -0.05) is 24.3 Å². The Bertz CT molecular complexity index is 832. The monoisotopic (exact) mass is 376 g/mol. The van der Waals surface area contributed by atoms with E-state index in [2.05, 4.69) is 5.32 Å². The Morgan fingerprint density at radius 1 is 1.27 bits per heavy atom. The van der Waals surface area contributed by atoms with Crippen LogP contribution in [-0.2, 0) is 15.2 Å². The highest BCUT2D eigenvalue weighted by Gasteiger charge is 2.57. The van der Waals surface area contributed by atoms with Crippen LogP contribution in [-0.4, -0.2) is 24.6 Å². The predicted molar refractivity (Wildman–Crippen MR) is 99.1 cm³/mol. The molecule has 7 heteroatoms. The number of amides is 2. The number of likely N-dealkylation sites (N-methyl/N-ethyl adjacent to an activating group) is 1. The number of hydrogen-bond acceptors (Lipinski definition) is 4. The van der Waals surface area contributed by atoms with Crippen LogP contribution in [0.4, 0.5) is 14.9 Å². The fourth-order valence-corrected chi connectivity index (χ4v) is 3.90. The van der Waals surface area contributed by atoms with Crippen molar-refractivity contribution in [3.63, 3.8) is 0 Å². The zero-order valence-corrected chi connectivity index (χ0v) is 15.9. The summed E-state index contributed by atoms with van der Waals surface area (Å²) in [4.78, 5) is 27.0. The van der Waals surface area contributed by atoms with E-state index in [1.807, 2.05) is 0 Å². The Labute approximate surface area is 155 Å². The first-order chi connectivity index (χ1) is 12.1. The first-order valence-corrected chi connectivity index (χ1v) is 9.12. The van der Waals surface area contributed by atoms with Gasteiger partial charge in [-0.3, -0.25) is 4.79 Å². The summed E-state index contributed by atoms with van der Waals surface area (Å²) >= 11 is 1.27. The fraction of sp³-hybridized carbons (Fsp3) is 0.368. The summed E-state index contributed by atoms with van der Waals surface area (Å²) in [7, 11) is 1.53. The van der Waals surface area contributed by atoms with Gasteiger partial charge in [0.15, 0.2) is 0 Å². The minimum atomic E-state index is -2.41. The van der Waals surface area contributed by atoms with Crippen molar-refractivity contribution in [1.82, 2.24) is 5.32 Å². The summed E-state index contributed by atoms with van der Waals surface area (Å²) in [5.41, 5.74) is -2.41. The van der Waals surface area contributed by atoms with Crippen molar-refractivity contribution >= 4 is 29.0 Å². The second-order valence-corrected chi connectivity index (χ2v) is 8.17. The summed E-state index contributed by atoms with van der Waals surface area (Å²) < 4.78 is 21.6. The summed E-state index contributed by atoms with van der Waals surface area (Å²) in [6.07, 6.45) is -0.771. The van der Waals surface area contributed by atoms with E-state index in [1.165, 1.54) is 23.3 Å². The first kappa shape index (κ1) is 18.4. The summed E-state index contributed by atoms with van der Waals surface area (Å²) in [5, 5.41) is 4.35. The SMILES string of the molecule is CN1C(=O)[C@@](F)(C(NC(=O)OC(C)(C)C)c2cccs2)c2ccccc21. The number of nitrogens with one attached hydrogen (secondary N) is 1. The standard InChI is InChI=1S/C19H21FN2O3S/c1-18(2,3)25-17(24)21-15(14-10-7-11-26-14)19(20)12-8-5-6-9-13(12)22(4)16(19)23/h5-11,15H,1-4H3,(H,21,24)/t15?,19-/m0/s1. The van der Waals surface area contributed by atoms with Crippen LogP contribution in [0.5, 0.6) is 0 Å². The van der Waals surface area contributed by atoms with E-state index in [9.17, 15) is 9.59 Å². The number of anilines is 1. The van der Waals surface area contributed by atoms with Gasteiger partial charge in [-0.25, -0.2) is 9.18 Å². The molecule has 0 saturated heterocycles. The van der Waals surface area contributed by atoms with Gasteiger partial charge in [-0.15, -0.1) is 11.3 Å². The maximum absolute atomic E-state index is 16.3. The smallest absolute Gasteiger partial charge is 0.408 e. The largest absolute Gasteiger partial charge is 0.444 e. The summed E-state index contributed by atoms with van der Waals surface area (Å²) in [6, 6.07) is 8.95. The number of ether oxygens (including phenoxy) is 1. The number of thiophene rings is 1. The van der Waals surface area contributed by atoms with E-state index in [0.717, 1.165) is 0 Å². The maximum atomic E-state index is 16.3. The van der Waals surface area contributed by atoms with Crippen molar-refractivity contribution in [2.45, 2.75) is 38.1 Å². The van der Waals surface area contributed by atoms with Crippen LogP contribution >= 0.6 is 11.3 Å². The molecule has 0 spiro atoms. The third-order valence-electron chi connectivity index (χ3n) is 4.16. The van der Waals surface area contributed by atoms with Gasteiger partial charge in [0.1, 0.15) is 11.6 Å². The molecule has 0 aliphatic carbocycles. The number of alkyl halides is 1. The van der Waals surface area contributed by atoms with Crippen molar-refractivity contribution in [2.24, 2.45) is 0 Å². The lowest BCUT2D eigenvalue weighted by Crippen LogP contribution is -2.48. The molecule has 0 bridgehead atoms. The number of alkyl carbamates (subject to hydrolysis) is 1. The van der Waals surface area contributed by atoms with Crippen LogP contribution in [0.15, 0.2) is 41.8 Å². The molecule has 3 rings (SSSR count). The average molecular weight is 376 g/mol. The highest BCUT2D eigenvalue weighted by molar-refractivity contribution is 7.10. The number of fused-ring (bicyclic) bond motifs is 1. The summed E-state index contributed by atoms with van der Waals surface area (Å²) in [5.74, 6) is -0.715. The number of hydrogen-bond donors (Lipinski definition) is 1. The molecular formula is C19H21FN2O3S. The van der Waals surface area contributed by atoms with Crippen molar-refractivity contribution in [3.8, 4) is 0 Å². The van der Waals surface area contributed by atoms with Crippen LogP contribution in [0.2, 0.25) is 0 Å². The van der Waals surface area contributed by atoms with Gasteiger partial charge in [0, 0.05) is 17.5 Å². The number of halogens is 1. The molecule has 1 aromatic carbocycles. The molecule has 5 nitrogen and oxygen atoms in total. The van der Waals surface area contributed by atoms with Gasteiger partial charge in [0.25, 0.3) is 5.91 Å². The molecule has 1 unspecified atom stereocenters. The molecular weight excluding hydrogens is 355 g/mol. The average Bonchev–Trinajstić information content (AvgIpc) is 3.15. The number of carbonyl (C=O) groups is 2. The Hall–Kier alpha value is -2.41. The van der Waals surface area contributed by atoms with Crippen LogP contribution in [0.3, 0.4) is 0 Å². The number of para-hydroxylation sites is 1. The third-order valence-corrected chi connectivity index (χ3v) is 5.10. The highest BCUT2D eigenvalue weighted by Crippen LogP contribution is 2.50. The molecule has 1 N–H and O–H groups in total. The Morgan fingerprint density at radius 3 is 2.58 bits per heavy atom. The van der Waals surface area contributed by atoms with Crippen molar-refractivity contribution in [2.75, 3.05) is 11.9 Å². The van der Waals surface area contributed by atoms with E-state index in [0.29, 0.717) is 10.6 Å². The van der Waals surface area contributed by atoms with Crippen LogP contribution < -0.4 is 10.2 Å². The molecule has 26 heavy (non-hydrogen) atoms. The molecule has 1 aliphatic rings. The molecule has 2 atom stereocenters. The van der Waals surface area contributed by atoms with E-state index < -0.39 is 29.3 Å². The zero-order valence-electron chi connectivity index (χ0n) is 15.1. The minimum Gasteiger partial charge on any atom is -0.444 e. The minimum absolute atomic E-state index is 0.238. The molecule has 1 aliphatic heterocycles. The van der Waals surface area contributed by atoms with Gasteiger partial charge >= 0.3 is 6.09 Å². The van der Waals surface area contributed by atoms with E-state index >= 15 is 4.39 Å². The number of benzene rings is 1. The second kappa shape index (κ2) is 6.39. The van der Waals surface area contributed by atoms with Gasteiger partial charge in [-0.05, 0) is 38.3 Å². The molecule has 138 valence electrons. The van der Waals surface area contributed by atoms with Crippen LogP contribution in [0.1, 0.15) is 37.3 Å². The van der Waals surface area contributed by atoms with E-state index in [1.54, 1.807) is 62.5 Å². The van der Waals surface area contributed by atoms with Crippen molar-refractivity contribution in [3.05, 3.63) is 52.2 Å². The van der Waals surface area contributed by atoms with Gasteiger partial charge in [-0.2, -0.15) is 0 Å². The van der Waals surface area contributed by atoms with Crippen LogP contribution in [0, 0.1) is 0 Å². The second-order valence-electron chi connectivity index (χ2n) is 7.19. The number of nitrogens with zero attached hydrogens (tertiary/aromatic N) is 1. The van der Waals surface area contributed by atoms with Gasteiger partial charge in [0.05, 0.1) is 5.69 Å². The molecule has 0 radical (unpaired) electrons. The van der Waals surface area contributed by atoms with Gasteiger partial charge in [0.2, 0.25) is 5.67 Å². The molecule has 1 aromatic heterocycles. The van der Waals surface area contributed by atoms with Crippen LogP contribution in [0.25, 0.3) is 0 Å². The Balaban J connectivity index is 2.05. The summed E-state index contributed by atoms with van der Waals surface area (Å²) in [6.45, 7) is 5.17. The quantitative estimate of drug-likeness (QED) is 0.875. The van der Waals surface area contributed by atoms with Crippen molar-refractivity contribution in [1.29, 1.82) is 0 Å². The number of carbonyl (C=O) groups excluding carboxylic acids is 2. The normalized spacial score (nSPS) is 20.7. The molecule has 0 saturated carbocycles. The lowest BCUT2D eigenvalue weighted by Gasteiger charge is -2.30. The zero-order chi connectivity index (χ0) is 19.1. The van der Waals surface area contributed by atoms with Crippen molar-refractivity contribution < 1.29 is 18.7 Å². The van der Waals surface area contributed by atoms with E-state index in [-0.39, 0.29) is 5.56 Å². The predicted octanol–water partition coefficient (Wildman–Crippen LogP) is 4.16. The molecule has 0 fully saturated rings. The first-order valence-electron chi connectivity index (χ1n) is 8.24. The lowest BCUT2D eigenvalue weighted by molar-refractivity contribution is -0.131.